The molecule has 0 aromatic rings. The van der Waals surface area contributed by atoms with Crippen molar-refractivity contribution in [3.63, 3.8) is 0 Å². The lowest BCUT2D eigenvalue weighted by Gasteiger charge is -2.29. The van der Waals surface area contributed by atoms with E-state index in [4.69, 9.17) is 5.11 Å². The van der Waals surface area contributed by atoms with Crippen LogP contribution >= 0.6 is 0 Å². The van der Waals surface area contributed by atoms with Gasteiger partial charge in [-0.1, -0.05) is 0 Å². The third-order valence-electron chi connectivity index (χ3n) is 3.47. The fourth-order valence-corrected chi connectivity index (χ4v) is 2.52. The lowest BCUT2D eigenvalue weighted by molar-refractivity contribution is -0.135. The average molecular weight is 227 g/mol. The van der Waals surface area contributed by atoms with Crippen molar-refractivity contribution in [2.24, 2.45) is 5.92 Å². The van der Waals surface area contributed by atoms with Gasteiger partial charge in [-0.2, -0.15) is 0 Å². The zero-order chi connectivity index (χ0) is 11.4. The summed E-state index contributed by atoms with van der Waals surface area (Å²) in [6, 6.07) is 0. The second-order valence-corrected chi connectivity index (χ2v) is 4.59. The molecule has 0 spiro atoms. The fourth-order valence-electron chi connectivity index (χ4n) is 2.52. The topological polar surface area (TPSA) is 55.8 Å². The molecule has 1 amide bonds. The van der Waals surface area contributed by atoms with Crippen LogP contribution in [0.15, 0.2) is 0 Å². The molecule has 0 aromatic heterocycles. The SMILES string of the molecule is O=C(C1CCN(CCO)C1)N1CCNCC1. The predicted octanol–water partition coefficient (Wildman–Crippen LogP) is -1.27. The summed E-state index contributed by atoms with van der Waals surface area (Å²) in [5.41, 5.74) is 0. The molecule has 2 saturated heterocycles. The van der Waals surface area contributed by atoms with Crippen LogP contribution in [-0.4, -0.2) is 73.2 Å². The van der Waals surface area contributed by atoms with Gasteiger partial charge in [0.25, 0.3) is 0 Å². The molecule has 0 saturated carbocycles. The van der Waals surface area contributed by atoms with Crippen molar-refractivity contribution in [1.29, 1.82) is 0 Å². The summed E-state index contributed by atoms with van der Waals surface area (Å²) in [6.07, 6.45) is 0.947. The van der Waals surface area contributed by atoms with E-state index in [1.807, 2.05) is 4.90 Å². The van der Waals surface area contributed by atoms with E-state index in [9.17, 15) is 4.79 Å². The minimum Gasteiger partial charge on any atom is -0.395 e. The van der Waals surface area contributed by atoms with Crippen molar-refractivity contribution in [2.45, 2.75) is 6.42 Å². The normalized spacial score (nSPS) is 27.3. The number of piperazine rings is 1. The molecule has 2 N–H and O–H groups in total. The van der Waals surface area contributed by atoms with Crippen molar-refractivity contribution < 1.29 is 9.90 Å². The van der Waals surface area contributed by atoms with Crippen molar-refractivity contribution >= 4 is 5.91 Å². The van der Waals surface area contributed by atoms with E-state index >= 15 is 0 Å². The van der Waals surface area contributed by atoms with Gasteiger partial charge in [-0.05, 0) is 13.0 Å². The van der Waals surface area contributed by atoms with Crippen LogP contribution in [0.25, 0.3) is 0 Å². The van der Waals surface area contributed by atoms with Gasteiger partial charge in [0, 0.05) is 39.3 Å². The van der Waals surface area contributed by atoms with Crippen molar-refractivity contribution in [1.82, 2.24) is 15.1 Å². The van der Waals surface area contributed by atoms with Gasteiger partial charge in [-0.3, -0.25) is 4.79 Å². The molecule has 2 aliphatic heterocycles. The van der Waals surface area contributed by atoms with E-state index in [0.29, 0.717) is 12.5 Å². The molecule has 5 nitrogen and oxygen atoms in total. The van der Waals surface area contributed by atoms with Gasteiger partial charge in [0.15, 0.2) is 0 Å². The molecule has 2 rings (SSSR count). The van der Waals surface area contributed by atoms with Crippen LogP contribution < -0.4 is 5.32 Å². The first-order valence-electron chi connectivity index (χ1n) is 6.14. The number of aliphatic hydroxyl groups excluding tert-OH is 1. The number of amides is 1. The predicted molar refractivity (Wildman–Crippen MR) is 61.1 cm³/mol. The molecule has 2 heterocycles. The van der Waals surface area contributed by atoms with Crippen LogP contribution in [0.3, 0.4) is 0 Å². The molecule has 0 aromatic carbocycles. The summed E-state index contributed by atoms with van der Waals surface area (Å²) in [4.78, 5) is 16.3. The van der Waals surface area contributed by atoms with E-state index in [2.05, 4.69) is 10.2 Å². The van der Waals surface area contributed by atoms with Crippen molar-refractivity contribution in [3.05, 3.63) is 0 Å². The first kappa shape index (κ1) is 11.8. The third kappa shape index (κ3) is 2.72. The van der Waals surface area contributed by atoms with Crippen LogP contribution in [0.2, 0.25) is 0 Å². The van der Waals surface area contributed by atoms with Gasteiger partial charge >= 0.3 is 0 Å². The van der Waals surface area contributed by atoms with E-state index in [1.165, 1.54) is 0 Å². The highest BCUT2D eigenvalue weighted by molar-refractivity contribution is 5.79. The molecule has 2 aliphatic rings. The van der Waals surface area contributed by atoms with Crippen LogP contribution in [0.4, 0.5) is 0 Å². The number of carbonyl (C=O) groups excluding carboxylic acids is 1. The summed E-state index contributed by atoms with van der Waals surface area (Å²) in [5, 5.41) is 12.1. The highest BCUT2D eigenvalue weighted by atomic mass is 16.3. The van der Waals surface area contributed by atoms with E-state index in [1.54, 1.807) is 0 Å². The first-order chi connectivity index (χ1) is 7.81. The Morgan fingerprint density at radius 1 is 1.31 bits per heavy atom. The van der Waals surface area contributed by atoms with Gasteiger partial charge in [0.2, 0.25) is 5.91 Å². The zero-order valence-electron chi connectivity index (χ0n) is 9.69. The number of nitrogens with one attached hydrogen (secondary N) is 1. The highest BCUT2D eigenvalue weighted by Crippen LogP contribution is 2.18. The maximum absolute atomic E-state index is 12.2. The van der Waals surface area contributed by atoms with E-state index in [-0.39, 0.29) is 12.5 Å². The Hall–Kier alpha value is -0.650. The van der Waals surface area contributed by atoms with Gasteiger partial charge in [-0.25, -0.2) is 0 Å². The summed E-state index contributed by atoms with van der Waals surface area (Å²) >= 11 is 0. The third-order valence-corrected chi connectivity index (χ3v) is 3.47. The molecular formula is C11H21N3O2. The lowest BCUT2D eigenvalue weighted by Crippen LogP contribution is -2.48. The van der Waals surface area contributed by atoms with Crippen LogP contribution in [0, 0.1) is 5.92 Å². The molecule has 16 heavy (non-hydrogen) atoms. The van der Waals surface area contributed by atoms with Crippen LogP contribution in [0.5, 0.6) is 0 Å². The number of aliphatic hydroxyl groups is 1. The molecule has 2 fully saturated rings. The zero-order valence-corrected chi connectivity index (χ0v) is 9.69. The number of nitrogens with zero attached hydrogens (tertiary/aromatic N) is 2. The van der Waals surface area contributed by atoms with Crippen molar-refractivity contribution in [2.75, 3.05) is 52.4 Å². The van der Waals surface area contributed by atoms with Crippen LogP contribution in [0.1, 0.15) is 6.42 Å². The van der Waals surface area contributed by atoms with E-state index < -0.39 is 0 Å². The molecular weight excluding hydrogens is 206 g/mol. The second kappa shape index (κ2) is 5.61. The molecule has 0 radical (unpaired) electrons. The van der Waals surface area contributed by atoms with Crippen molar-refractivity contribution in [3.8, 4) is 0 Å². The highest BCUT2D eigenvalue weighted by Gasteiger charge is 2.31. The molecule has 0 bridgehead atoms. The first-order valence-corrected chi connectivity index (χ1v) is 6.14. The molecule has 0 aliphatic carbocycles. The van der Waals surface area contributed by atoms with Gasteiger partial charge in [0.05, 0.1) is 12.5 Å². The summed E-state index contributed by atoms with van der Waals surface area (Å²) in [5.74, 6) is 0.464. The summed E-state index contributed by atoms with van der Waals surface area (Å²) in [6.45, 7) is 6.18. The van der Waals surface area contributed by atoms with Gasteiger partial charge in [0.1, 0.15) is 0 Å². The second-order valence-electron chi connectivity index (χ2n) is 4.59. The number of β-amino-alcohol motifs (C(OH)–C–C–N with tert-alkyl or cyclic N) is 1. The Labute approximate surface area is 96.4 Å². The van der Waals surface area contributed by atoms with Gasteiger partial charge in [-0.15, -0.1) is 0 Å². The Balaban J connectivity index is 1.81. The van der Waals surface area contributed by atoms with E-state index in [0.717, 1.165) is 45.7 Å². The maximum atomic E-state index is 12.2. The lowest BCUT2D eigenvalue weighted by atomic mass is 10.1. The van der Waals surface area contributed by atoms with Gasteiger partial charge < -0.3 is 20.2 Å². The Bertz CT molecular complexity index is 241. The number of hydrogen-bond donors (Lipinski definition) is 2. The standard InChI is InChI=1S/C11H21N3O2/c15-8-7-13-4-1-10(9-13)11(16)14-5-2-12-3-6-14/h10,12,15H,1-9H2. The molecule has 1 atom stereocenters. The molecule has 5 heteroatoms. The maximum Gasteiger partial charge on any atom is 0.227 e. The number of carbonyl (C=O) groups is 1. The minimum absolute atomic E-state index is 0.157. The fraction of sp³-hybridized carbons (Fsp3) is 0.909. The minimum atomic E-state index is 0.157. The quantitative estimate of drug-likeness (QED) is 0.631. The number of hydrogen-bond acceptors (Lipinski definition) is 4. The Kier molecular flexibility index (Phi) is 4.15. The largest absolute Gasteiger partial charge is 0.395 e. The summed E-state index contributed by atoms with van der Waals surface area (Å²) < 4.78 is 0. The number of rotatable bonds is 3. The Morgan fingerprint density at radius 2 is 2.06 bits per heavy atom. The molecule has 92 valence electrons. The smallest absolute Gasteiger partial charge is 0.227 e. The van der Waals surface area contributed by atoms with Crippen LogP contribution in [-0.2, 0) is 4.79 Å². The average Bonchev–Trinajstić information content (AvgIpc) is 2.78. The number of likely N-dealkylation sites (tertiary alicyclic amines) is 1. The summed E-state index contributed by atoms with van der Waals surface area (Å²) in [7, 11) is 0. The molecule has 1 unspecified atom stereocenters. The Morgan fingerprint density at radius 3 is 2.75 bits per heavy atom. The monoisotopic (exact) mass is 227 g/mol.